The number of amides is 1. The Hall–Kier alpha value is -2.75. The molecule has 8 nitrogen and oxygen atoms in total. The van der Waals surface area contributed by atoms with Crippen molar-refractivity contribution in [2.24, 2.45) is 0 Å². The molecule has 0 unspecified atom stereocenters. The van der Waals surface area contributed by atoms with Crippen LogP contribution in [-0.2, 0) is 25.9 Å². The monoisotopic (exact) mass is 446 g/mol. The highest BCUT2D eigenvalue weighted by Gasteiger charge is 2.29. The number of morpholine rings is 1. The van der Waals surface area contributed by atoms with Gasteiger partial charge in [0.25, 0.3) is 5.91 Å². The van der Waals surface area contributed by atoms with Gasteiger partial charge in [0.05, 0.1) is 30.8 Å². The van der Waals surface area contributed by atoms with Crippen molar-refractivity contribution in [3.63, 3.8) is 0 Å². The third-order valence-electron chi connectivity index (χ3n) is 5.29. The van der Waals surface area contributed by atoms with Gasteiger partial charge in [-0.2, -0.15) is 4.31 Å². The first-order valence-corrected chi connectivity index (χ1v) is 11.4. The number of anilines is 1. The molecule has 0 radical (unpaired) electrons. The summed E-state index contributed by atoms with van der Waals surface area (Å²) >= 11 is 0. The highest BCUT2D eigenvalue weighted by Crippen LogP contribution is 2.25. The van der Waals surface area contributed by atoms with Gasteiger partial charge in [0.2, 0.25) is 10.0 Å². The van der Waals surface area contributed by atoms with Crippen molar-refractivity contribution in [3.8, 4) is 0 Å². The smallest absolute Gasteiger partial charge is 0.338 e. The highest BCUT2D eigenvalue weighted by atomic mass is 32.2. The van der Waals surface area contributed by atoms with Gasteiger partial charge in [0, 0.05) is 24.3 Å². The molecular formula is C22H26N2O6S. The number of nitrogens with zero attached hydrogens (tertiary/aromatic N) is 1. The standard InChI is InChI=1S/C22H26N2O6S/c1-4-16-8-9-17(14-20(16)31(27,28)24-10-12-30-13-11-24)21(25)23-19-7-5-6-18(15(19)2)22(26)29-3/h5-9,14H,4,10-13H2,1-3H3,(H,23,25). The van der Waals surface area contributed by atoms with E-state index in [-0.39, 0.29) is 23.5 Å². The number of carbonyl (C=O) groups excluding carboxylic acids is 2. The Kier molecular flexibility index (Phi) is 7.09. The summed E-state index contributed by atoms with van der Waals surface area (Å²) in [6, 6.07) is 9.61. The van der Waals surface area contributed by atoms with Gasteiger partial charge in [-0.15, -0.1) is 0 Å². The molecule has 1 fully saturated rings. The van der Waals surface area contributed by atoms with Gasteiger partial charge in [-0.25, -0.2) is 13.2 Å². The molecule has 1 aliphatic heterocycles. The number of sulfonamides is 1. The zero-order valence-electron chi connectivity index (χ0n) is 17.8. The zero-order chi connectivity index (χ0) is 22.6. The molecule has 1 heterocycles. The zero-order valence-corrected chi connectivity index (χ0v) is 18.6. The first-order chi connectivity index (χ1) is 14.8. The maximum Gasteiger partial charge on any atom is 0.338 e. The van der Waals surface area contributed by atoms with Crippen LogP contribution in [-0.4, -0.2) is 58.0 Å². The Morgan fingerprint density at radius 3 is 2.52 bits per heavy atom. The molecule has 0 aliphatic carbocycles. The minimum Gasteiger partial charge on any atom is -0.465 e. The second-order valence-electron chi connectivity index (χ2n) is 7.12. The summed E-state index contributed by atoms with van der Waals surface area (Å²) in [5.41, 5.74) is 2.22. The number of carbonyl (C=O) groups is 2. The van der Waals surface area contributed by atoms with E-state index >= 15 is 0 Å². The number of aryl methyl sites for hydroxylation is 1. The first kappa shape index (κ1) is 22.9. The summed E-state index contributed by atoms with van der Waals surface area (Å²) in [6.07, 6.45) is 0.515. The van der Waals surface area contributed by atoms with E-state index in [1.165, 1.54) is 17.5 Å². The number of ether oxygens (including phenoxy) is 2. The molecule has 0 aromatic heterocycles. The molecule has 0 saturated carbocycles. The molecule has 31 heavy (non-hydrogen) atoms. The van der Waals surface area contributed by atoms with Gasteiger partial charge in [-0.3, -0.25) is 4.79 Å². The molecule has 1 aliphatic rings. The fourth-order valence-electron chi connectivity index (χ4n) is 3.45. The minimum atomic E-state index is -3.75. The Balaban J connectivity index is 1.93. The van der Waals surface area contributed by atoms with Crippen LogP contribution in [0, 0.1) is 6.92 Å². The summed E-state index contributed by atoms with van der Waals surface area (Å²) in [5.74, 6) is -0.967. The van der Waals surface area contributed by atoms with E-state index in [9.17, 15) is 18.0 Å². The van der Waals surface area contributed by atoms with Crippen LogP contribution in [0.4, 0.5) is 5.69 Å². The van der Waals surface area contributed by atoms with Crippen LogP contribution in [0.3, 0.4) is 0 Å². The van der Waals surface area contributed by atoms with Gasteiger partial charge < -0.3 is 14.8 Å². The fraction of sp³-hybridized carbons (Fsp3) is 0.364. The summed E-state index contributed by atoms with van der Waals surface area (Å²) in [5, 5.41) is 2.77. The van der Waals surface area contributed by atoms with Crippen molar-refractivity contribution in [3.05, 3.63) is 58.7 Å². The lowest BCUT2D eigenvalue weighted by atomic mass is 10.1. The van der Waals surface area contributed by atoms with Gasteiger partial charge in [-0.05, 0) is 48.7 Å². The molecule has 2 aromatic carbocycles. The van der Waals surface area contributed by atoms with E-state index in [0.717, 1.165) is 0 Å². The first-order valence-electron chi connectivity index (χ1n) is 9.99. The number of hydrogen-bond acceptors (Lipinski definition) is 6. The molecular weight excluding hydrogens is 420 g/mol. The quantitative estimate of drug-likeness (QED) is 0.685. The third-order valence-corrected chi connectivity index (χ3v) is 7.27. The number of rotatable bonds is 6. The predicted molar refractivity (Wildman–Crippen MR) is 116 cm³/mol. The fourth-order valence-corrected chi connectivity index (χ4v) is 5.18. The van der Waals surface area contributed by atoms with Crippen molar-refractivity contribution < 1.29 is 27.5 Å². The average Bonchev–Trinajstić information content (AvgIpc) is 2.80. The molecule has 3 rings (SSSR count). The van der Waals surface area contributed by atoms with Crippen molar-refractivity contribution in [1.82, 2.24) is 4.31 Å². The summed E-state index contributed by atoms with van der Waals surface area (Å²) in [6.45, 7) is 4.82. The van der Waals surface area contributed by atoms with E-state index in [0.29, 0.717) is 42.0 Å². The van der Waals surface area contributed by atoms with Gasteiger partial charge in [0.15, 0.2) is 0 Å². The van der Waals surface area contributed by atoms with E-state index in [1.54, 1.807) is 37.3 Å². The lowest BCUT2D eigenvalue weighted by Gasteiger charge is -2.27. The largest absolute Gasteiger partial charge is 0.465 e. The maximum atomic E-state index is 13.2. The topological polar surface area (TPSA) is 102 Å². The van der Waals surface area contributed by atoms with Crippen LogP contribution in [0.1, 0.15) is 38.8 Å². The number of methoxy groups -OCH3 is 1. The van der Waals surface area contributed by atoms with Crippen LogP contribution < -0.4 is 5.32 Å². The molecule has 166 valence electrons. The van der Waals surface area contributed by atoms with Crippen LogP contribution >= 0.6 is 0 Å². The Morgan fingerprint density at radius 2 is 1.87 bits per heavy atom. The maximum absolute atomic E-state index is 13.2. The molecule has 0 spiro atoms. The highest BCUT2D eigenvalue weighted by molar-refractivity contribution is 7.89. The summed E-state index contributed by atoms with van der Waals surface area (Å²) < 4.78 is 37.8. The Labute approximate surface area is 182 Å². The summed E-state index contributed by atoms with van der Waals surface area (Å²) in [7, 11) is -2.46. The van der Waals surface area contributed by atoms with Crippen LogP contribution in [0.25, 0.3) is 0 Å². The van der Waals surface area contributed by atoms with Gasteiger partial charge in [0.1, 0.15) is 0 Å². The molecule has 0 bridgehead atoms. The van der Waals surface area contributed by atoms with E-state index in [1.807, 2.05) is 6.92 Å². The average molecular weight is 447 g/mol. The molecule has 1 amide bonds. The van der Waals surface area contributed by atoms with Crippen molar-refractivity contribution in [1.29, 1.82) is 0 Å². The lowest BCUT2D eigenvalue weighted by molar-refractivity contribution is 0.0599. The number of esters is 1. The minimum absolute atomic E-state index is 0.129. The van der Waals surface area contributed by atoms with Gasteiger partial charge >= 0.3 is 5.97 Å². The van der Waals surface area contributed by atoms with Crippen LogP contribution in [0.5, 0.6) is 0 Å². The SMILES string of the molecule is CCc1ccc(C(=O)Nc2cccc(C(=O)OC)c2C)cc1S(=O)(=O)N1CCOCC1. The van der Waals surface area contributed by atoms with E-state index < -0.39 is 21.9 Å². The van der Waals surface area contributed by atoms with E-state index in [2.05, 4.69) is 5.32 Å². The Morgan fingerprint density at radius 1 is 1.16 bits per heavy atom. The van der Waals surface area contributed by atoms with Crippen LogP contribution in [0.2, 0.25) is 0 Å². The van der Waals surface area contributed by atoms with E-state index in [4.69, 9.17) is 9.47 Å². The van der Waals surface area contributed by atoms with Gasteiger partial charge in [-0.1, -0.05) is 19.1 Å². The molecule has 1 N–H and O–H groups in total. The molecule has 2 aromatic rings. The molecule has 9 heteroatoms. The van der Waals surface area contributed by atoms with Crippen molar-refractivity contribution in [2.45, 2.75) is 25.2 Å². The molecule has 1 saturated heterocycles. The normalized spacial score (nSPS) is 14.8. The second kappa shape index (κ2) is 9.59. The number of benzene rings is 2. The predicted octanol–water partition coefficient (Wildman–Crippen LogP) is 2.62. The Bertz CT molecular complexity index is 1090. The number of nitrogens with one attached hydrogen (secondary N) is 1. The van der Waals surface area contributed by atoms with Crippen molar-refractivity contribution >= 4 is 27.6 Å². The second-order valence-corrected chi connectivity index (χ2v) is 9.02. The third kappa shape index (κ3) is 4.79. The number of hydrogen-bond donors (Lipinski definition) is 1. The van der Waals surface area contributed by atoms with Crippen LogP contribution in [0.15, 0.2) is 41.3 Å². The lowest BCUT2D eigenvalue weighted by Crippen LogP contribution is -2.41. The summed E-state index contributed by atoms with van der Waals surface area (Å²) in [4.78, 5) is 24.9. The molecule has 0 atom stereocenters. The van der Waals surface area contributed by atoms with Crippen molar-refractivity contribution in [2.75, 3.05) is 38.7 Å².